The Bertz CT molecular complexity index is 5300. The second-order valence-electron chi connectivity index (χ2n) is 26.6. The molecule has 0 amide bonds. The summed E-state index contributed by atoms with van der Waals surface area (Å²) >= 11 is 0. The molecule has 0 saturated carbocycles. The van der Waals surface area contributed by atoms with Crippen LogP contribution in [0.3, 0.4) is 0 Å². The fourth-order valence-electron chi connectivity index (χ4n) is 13.0. The van der Waals surface area contributed by atoms with Crippen molar-refractivity contribution in [2.24, 2.45) is 42.3 Å². The molecule has 0 N–H and O–H groups in total. The van der Waals surface area contributed by atoms with E-state index in [2.05, 4.69) is 83.3 Å². The topological polar surface area (TPSA) is 103 Å². The molecule has 8 aromatic heterocycles. The third-order valence-corrected chi connectivity index (χ3v) is 18.3. The van der Waals surface area contributed by atoms with Crippen molar-refractivity contribution in [2.75, 3.05) is 0 Å². The molecule has 0 unspecified atom stereocenters. The fourth-order valence-corrected chi connectivity index (χ4v) is 13.0. The van der Waals surface area contributed by atoms with Crippen LogP contribution in [0.4, 0.5) is 17.6 Å². The van der Waals surface area contributed by atoms with Crippen LogP contribution in [0.25, 0.3) is 112 Å². The summed E-state index contributed by atoms with van der Waals surface area (Å²) in [5.41, 5.74) is 18.8. The van der Waals surface area contributed by atoms with Crippen LogP contribution in [0.1, 0.15) is 90.8 Å². The van der Waals surface area contributed by atoms with Crippen LogP contribution < -0.4 is 18.3 Å². The Morgan fingerprint density at radius 1 is 0.337 bits per heavy atom. The van der Waals surface area contributed by atoms with E-state index in [9.17, 15) is 4.39 Å². The highest BCUT2D eigenvalue weighted by Crippen LogP contribution is 2.35. The highest BCUT2D eigenvalue weighted by Gasteiger charge is 2.27. The van der Waals surface area contributed by atoms with Gasteiger partial charge in [0.15, 0.2) is 59.7 Å². The number of aromatic nitrogens is 12. The molecular formula is C85H86F4N12+4. The van der Waals surface area contributed by atoms with E-state index < -0.39 is 0 Å². The van der Waals surface area contributed by atoms with Crippen molar-refractivity contribution in [1.29, 1.82) is 0 Å². The quantitative estimate of drug-likeness (QED) is 0.0998. The first-order chi connectivity index (χ1) is 48.3. The predicted molar refractivity (Wildman–Crippen MR) is 395 cm³/mol. The van der Waals surface area contributed by atoms with Crippen LogP contribution in [0.2, 0.25) is 0 Å². The Labute approximate surface area is 589 Å². The summed E-state index contributed by atoms with van der Waals surface area (Å²) in [7, 11) is 11.6. The Morgan fingerprint density at radius 3 is 1.03 bits per heavy atom. The Kier molecular flexibility index (Phi) is 21.1. The summed E-state index contributed by atoms with van der Waals surface area (Å²) in [6.45, 7) is 21.9. The summed E-state index contributed by atoms with van der Waals surface area (Å²) < 4.78 is 71.6. The SMILES string of the molecule is Cc1ccccc1-c1c(F)cc(-c2cccc3c2cc(C)n3C)c[n+]1C.Cc1ccccc1-c1c(F)cc(-c2cccc3c2ccn3C)c[n+]1C.Cc1ccccc1-c1c(F)cc(-c2nc(C(C)C)nc(C(C)C)n2)c[n+]1C.Cc1nc(C)nc(-c2cc(F)c(-c3ccccc3C)[n+](C)c2)n1. The Morgan fingerprint density at radius 2 is 0.663 bits per heavy atom. The van der Waals surface area contributed by atoms with Gasteiger partial charge >= 0.3 is 0 Å². The average molecular weight is 1350 g/mol. The lowest BCUT2D eigenvalue weighted by Gasteiger charge is -2.11. The molecule has 0 radical (unpaired) electrons. The first kappa shape index (κ1) is 71.0. The molecule has 510 valence electrons. The lowest BCUT2D eigenvalue weighted by atomic mass is 10.00. The number of nitrogens with zero attached hydrogens (tertiary/aromatic N) is 12. The zero-order chi connectivity index (χ0) is 72.2. The van der Waals surface area contributed by atoms with Crippen LogP contribution in [0.5, 0.6) is 0 Å². The number of pyridine rings is 4. The van der Waals surface area contributed by atoms with Crippen molar-refractivity contribution in [3.05, 3.63) is 275 Å². The zero-order valence-electron chi connectivity index (χ0n) is 60.6. The maximum absolute atomic E-state index is 15.1. The summed E-state index contributed by atoms with van der Waals surface area (Å²) in [5.74, 6) is 3.07. The average Bonchev–Trinajstić information content (AvgIpc) is 1.44. The summed E-state index contributed by atoms with van der Waals surface area (Å²) in [6, 6.07) is 54.2. The van der Waals surface area contributed by atoms with Gasteiger partial charge in [0.1, 0.15) is 51.5 Å². The molecule has 0 fully saturated rings. The van der Waals surface area contributed by atoms with Gasteiger partial charge in [-0.15, -0.1) is 0 Å². The van der Waals surface area contributed by atoms with E-state index in [0.29, 0.717) is 57.2 Å². The predicted octanol–water partition coefficient (Wildman–Crippen LogP) is 17.7. The van der Waals surface area contributed by atoms with Crippen molar-refractivity contribution < 1.29 is 35.8 Å². The largest absolute Gasteiger partial charge is 0.351 e. The number of benzene rings is 6. The van der Waals surface area contributed by atoms with Crippen LogP contribution in [-0.4, -0.2) is 39.0 Å². The van der Waals surface area contributed by atoms with Gasteiger partial charge < -0.3 is 9.13 Å². The molecule has 0 aliphatic heterocycles. The molecule has 14 rings (SSSR count). The maximum Gasteiger partial charge on any atom is 0.248 e. The minimum absolute atomic E-state index is 0.175. The molecule has 0 aliphatic carbocycles. The highest BCUT2D eigenvalue weighted by molar-refractivity contribution is 5.97. The monoisotopic (exact) mass is 1350 g/mol. The van der Waals surface area contributed by atoms with Gasteiger partial charge in [0.05, 0.1) is 33.4 Å². The normalized spacial score (nSPS) is 11.2. The molecule has 0 aliphatic rings. The van der Waals surface area contributed by atoms with E-state index in [0.717, 1.165) is 100 Å². The minimum atomic E-state index is -0.296. The van der Waals surface area contributed by atoms with E-state index >= 15 is 13.2 Å². The number of halogens is 4. The van der Waals surface area contributed by atoms with E-state index in [-0.39, 0.29) is 35.1 Å². The third-order valence-electron chi connectivity index (χ3n) is 18.3. The molecule has 0 bridgehead atoms. The van der Waals surface area contributed by atoms with Gasteiger partial charge in [0.25, 0.3) is 0 Å². The van der Waals surface area contributed by atoms with Crippen molar-refractivity contribution in [1.82, 2.24) is 39.0 Å². The third kappa shape index (κ3) is 15.2. The van der Waals surface area contributed by atoms with Crippen molar-refractivity contribution >= 4 is 21.8 Å². The molecule has 12 nitrogen and oxygen atoms in total. The van der Waals surface area contributed by atoms with Gasteiger partial charge in [-0.05, 0) is 155 Å². The van der Waals surface area contributed by atoms with Crippen molar-refractivity contribution in [3.8, 4) is 90.1 Å². The first-order valence-corrected chi connectivity index (χ1v) is 33.8. The molecule has 0 saturated heterocycles. The summed E-state index contributed by atoms with van der Waals surface area (Å²) in [4.78, 5) is 26.5. The molecule has 16 heteroatoms. The fraction of sp³-hybridized carbons (Fsp3) is 0.224. The summed E-state index contributed by atoms with van der Waals surface area (Å²) in [5, 5.41) is 2.28. The number of hydrogen-bond donors (Lipinski definition) is 0. The van der Waals surface area contributed by atoms with Gasteiger partial charge in [-0.25, -0.2) is 29.9 Å². The second-order valence-corrected chi connectivity index (χ2v) is 26.6. The molecular weight excluding hydrogens is 1270 g/mol. The van der Waals surface area contributed by atoms with Crippen LogP contribution in [0.15, 0.2) is 201 Å². The minimum Gasteiger partial charge on any atom is -0.351 e. The smallest absolute Gasteiger partial charge is 0.248 e. The summed E-state index contributed by atoms with van der Waals surface area (Å²) in [6.07, 6.45) is 9.79. The Balaban J connectivity index is 0.000000136. The number of hydrogen-bond acceptors (Lipinski definition) is 6. The first-order valence-electron chi connectivity index (χ1n) is 33.8. The van der Waals surface area contributed by atoms with E-state index in [1.807, 2.05) is 246 Å². The number of aryl methyl sites for hydroxylation is 13. The molecule has 14 aromatic rings. The van der Waals surface area contributed by atoms with Gasteiger partial charge in [0, 0.05) is 70.8 Å². The van der Waals surface area contributed by atoms with E-state index in [4.69, 9.17) is 0 Å². The maximum atomic E-state index is 15.1. The molecule has 0 spiro atoms. The number of rotatable bonds is 10. The highest BCUT2D eigenvalue weighted by atomic mass is 19.1. The number of fused-ring (bicyclic) bond motifs is 2. The standard InChI is InChI=1S/C23H22FN2.C22H26FN4.C22H20FN2.C18H18FN4/c1-15-8-5-6-9-18(15)23-21(24)13-17(14-25(23)3)19-10-7-11-22-20(19)12-16(2)26(22)4;1-13(2)20-24-21(14(3)4)26-22(25-20)16-11-18(23)19(27(6)12-16)17-10-8-7-9-15(17)5;1-15-7-4-5-8-17(15)22-20(23)13-16(14-25(22)3)18-9-6-10-21-19(18)11-12-24(21)2;1-11-7-5-6-8-15(11)17-16(19)9-14(10-23(17)4)18-21-12(2)20-13(3)22-18/h5-14H,1-4H3;7-14H,1-6H3;4-14H,1-3H3;5-10H,1-4H3/q4*+1. The van der Waals surface area contributed by atoms with Crippen LogP contribution >= 0.6 is 0 Å². The van der Waals surface area contributed by atoms with Gasteiger partial charge in [-0.2, -0.15) is 35.8 Å². The van der Waals surface area contributed by atoms with Gasteiger partial charge in [0.2, 0.25) is 22.8 Å². The lowest BCUT2D eigenvalue weighted by molar-refractivity contribution is -0.661. The molecule has 101 heavy (non-hydrogen) atoms. The molecule has 0 atom stereocenters. The van der Waals surface area contributed by atoms with Gasteiger partial charge in [-0.3, -0.25) is 0 Å². The van der Waals surface area contributed by atoms with Crippen LogP contribution in [-0.2, 0) is 42.3 Å². The lowest BCUT2D eigenvalue weighted by Crippen LogP contribution is -2.32. The van der Waals surface area contributed by atoms with Crippen molar-refractivity contribution in [2.45, 2.75) is 88.0 Å². The molecule has 8 heterocycles. The van der Waals surface area contributed by atoms with Gasteiger partial charge in [-0.1, -0.05) is 125 Å². The zero-order valence-corrected chi connectivity index (χ0v) is 60.6. The molecule has 6 aromatic carbocycles. The Hall–Kier alpha value is -11.3. The van der Waals surface area contributed by atoms with Crippen molar-refractivity contribution in [3.63, 3.8) is 0 Å². The van der Waals surface area contributed by atoms with E-state index in [1.165, 1.54) is 17.8 Å². The second kappa shape index (κ2) is 30.1. The van der Waals surface area contributed by atoms with Crippen LogP contribution in [0, 0.1) is 71.7 Å². The van der Waals surface area contributed by atoms with E-state index in [1.54, 1.807) is 35.1 Å².